The van der Waals surface area contributed by atoms with Crippen LogP contribution < -0.4 is 11.1 Å². The highest BCUT2D eigenvalue weighted by atomic mass is 16.3. The quantitative estimate of drug-likeness (QED) is 0.537. The molecule has 84 valence electrons. The number of carbonyl (C=O) groups excluding carboxylic acids is 1. The molecule has 1 aromatic rings. The molecular formula is C8H15N5O2. The number of nitrogens with one attached hydrogen (secondary N) is 1. The van der Waals surface area contributed by atoms with Crippen molar-refractivity contribution >= 4 is 5.91 Å². The molecule has 0 aromatic carbocycles. The molecule has 4 N–H and O–H groups in total. The van der Waals surface area contributed by atoms with Crippen LogP contribution in [0.15, 0.2) is 6.20 Å². The average molecular weight is 213 g/mol. The Hall–Kier alpha value is -1.47. The summed E-state index contributed by atoms with van der Waals surface area (Å²) in [7, 11) is 0. The molecule has 0 radical (unpaired) electrons. The molecule has 0 aliphatic heterocycles. The van der Waals surface area contributed by atoms with Crippen LogP contribution in [0.25, 0.3) is 0 Å². The highest BCUT2D eigenvalue weighted by Crippen LogP contribution is 1.91. The van der Waals surface area contributed by atoms with Gasteiger partial charge in [-0.1, -0.05) is 5.21 Å². The second-order valence-corrected chi connectivity index (χ2v) is 3.26. The fourth-order valence-electron chi connectivity index (χ4n) is 1.02. The van der Waals surface area contributed by atoms with Crippen molar-refractivity contribution in [2.45, 2.75) is 26.1 Å². The van der Waals surface area contributed by atoms with Gasteiger partial charge in [-0.25, -0.2) is 4.68 Å². The Bertz CT molecular complexity index is 325. The molecule has 7 heteroatoms. The van der Waals surface area contributed by atoms with Crippen LogP contribution in [0.3, 0.4) is 0 Å². The van der Waals surface area contributed by atoms with E-state index in [-0.39, 0.29) is 25.1 Å². The lowest BCUT2D eigenvalue weighted by atomic mass is 10.3. The van der Waals surface area contributed by atoms with Crippen LogP contribution in [0.2, 0.25) is 0 Å². The van der Waals surface area contributed by atoms with Crippen molar-refractivity contribution in [2.75, 3.05) is 6.61 Å². The number of nitrogens with two attached hydrogens (primary N) is 1. The second-order valence-electron chi connectivity index (χ2n) is 3.26. The van der Waals surface area contributed by atoms with Crippen LogP contribution in [-0.2, 0) is 17.9 Å². The van der Waals surface area contributed by atoms with Crippen molar-refractivity contribution < 1.29 is 9.90 Å². The van der Waals surface area contributed by atoms with E-state index in [0.29, 0.717) is 12.2 Å². The van der Waals surface area contributed by atoms with Gasteiger partial charge in [0.25, 0.3) is 0 Å². The molecule has 1 rings (SSSR count). The number of aliphatic hydroxyl groups is 1. The Morgan fingerprint density at radius 1 is 1.80 bits per heavy atom. The number of amides is 1. The summed E-state index contributed by atoms with van der Waals surface area (Å²) in [5.74, 6) is -0.218. The van der Waals surface area contributed by atoms with Crippen LogP contribution in [0.5, 0.6) is 0 Å². The third-order valence-electron chi connectivity index (χ3n) is 1.78. The fraction of sp³-hybridized carbons (Fsp3) is 0.625. The lowest BCUT2D eigenvalue weighted by Crippen LogP contribution is -2.37. The molecule has 0 aliphatic carbocycles. The number of hydrogen-bond acceptors (Lipinski definition) is 5. The van der Waals surface area contributed by atoms with Gasteiger partial charge in [0.2, 0.25) is 5.91 Å². The minimum atomic E-state index is -0.255. The topological polar surface area (TPSA) is 106 Å². The highest BCUT2D eigenvalue weighted by molar-refractivity contribution is 5.75. The van der Waals surface area contributed by atoms with Gasteiger partial charge in [0.05, 0.1) is 18.5 Å². The molecule has 0 saturated heterocycles. The van der Waals surface area contributed by atoms with E-state index in [2.05, 4.69) is 15.6 Å². The molecule has 1 amide bonds. The molecule has 1 atom stereocenters. The van der Waals surface area contributed by atoms with Gasteiger partial charge >= 0.3 is 0 Å². The van der Waals surface area contributed by atoms with E-state index >= 15 is 0 Å². The lowest BCUT2D eigenvalue weighted by molar-refractivity contribution is -0.122. The maximum Gasteiger partial charge on any atom is 0.242 e. The van der Waals surface area contributed by atoms with Crippen molar-refractivity contribution in [1.82, 2.24) is 20.3 Å². The van der Waals surface area contributed by atoms with Crippen molar-refractivity contribution in [3.8, 4) is 0 Å². The summed E-state index contributed by atoms with van der Waals surface area (Å²) in [5, 5.41) is 18.8. The number of aliphatic hydroxyl groups excluding tert-OH is 1. The van der Waals surface area contributed by atoms with Gasteiger partial charge in [0, 0.05) is 12.6 Å². The number of nitrogens with zero attached hydrogens (tertiary/aromatic N) is 3. The summed E-state index contributed by atoms with van der Waals surface area (Å²) >= 11 is 0. The summed E-state index contributed by atoms with van der Waals surface area (Å²) in [6, 6.07) is -0.255. The fourth-order valence-corrected chi connectivity index (χ4v) is 1.02. The van der Waals surface area contributed by atoms with Crippen LogP contribution in [0.4, 0.5) is 0 Å². The van der Waals surface area contributed by atoms with Crippen LogP contribution in [0, 0.1) is 0 Å². The molecule has 0 saturated carbocycles. The average Bonchev–Trinajstić information content (AvgIpc) is 2.65. The van der Waals surface area contributed by atoms with Gasteiger partial charge in [-0.2, -0.15) is 0 Å². The van der Waals surface area contributed by atoms with E-state index in [1.807, 2.05) is 0 Å². The smallest absolute Gasteiger partial charge is 0.242 e. The Morgan fingerprint density at radius 2 is 2.53 bits per heavy atom. The molecular weight excluding hydrogens is 198 g/mol. The van der Waals surface area contributed by atoms with Gasteiger partial charge in [-0.3, -0.25) is 4.79 Å². The number of hydrogen-bond donors (Lipinski definition) is 3. The second kappa shape index (κ2) is 5.42. The zero-order valence-electron chi connectivity index (χ0n) is 8.55. The summed E-state index contributed by atoms with van der Waals surface area (Å²) in [4.78, 5) is 11.3. The Balaban J connectivity index is 2.44. The Morgan fingerprint density at radius 3 is 3.07 bits per heavy atom. The molecule has 0 aliphatic rings. The highest BCUT2D eigenvalue weighted by Gasteiger charge is 2.08. The van der Waals surface area contributed by atoms with E-state index in [1.54, 1.807) is 13.1 Å². The molecule has 1 heterocycles. The third kappa shape index (κ3) is 3.64. The normalized spacial score (nSPS) is 12.5. The van der Waals surface area contributed by atoms with Gasteiger partial charge < -0.3 is 16.2 Å². The van der Waals surface area contributed by atoms with E-state index < -0.39 is 0 Å². The molecule has 15 heavy (non-hydrogen) atoms. The maximum atomic E-state index is 11.3. The van der Waals surface area contributed by atoms with Crippen LogP contribution >= 0.6 is 0 Å². The van der Waals surface area contributed by atoms with E-state index in [4.69, 9.17) is 10.8 Å². The standard InChI is InChI=1S/C8H15N5O2/c1-6(5-14)10-8(15)4-13-3-7(2-9)11-12-13/h3,6,14H,2,4-5,9H2,1H3,(H,10,15)/t6-/m1/s1. The molecule has 1 aromatic heterocycles. The van der Waals surface area contributed by atoms with E-state index in [1.165, 1.54) is 4.68 Å². The number of aromatic nitrogens is 3. The molecule has 0 unspecified atom stereocenters. The Kier molecular flexibility index (Phi) is 4.19. The van der Waals surface area contributed by atoms with Crippen molar-refractivity contribution in [1.29, 1.82) is 0 Å². The van der Waals surface area contributed by atoms with Gasteiger partial charge in [-0.15, -0.1) is 5.10 Å². The molecule has 0 spiro atoms. The molecule has 0 fully saturated rings. The predicted octanol–water partition coefficient (Wildman–Crippen LogP) is -1.77. The van der Waals surface area contributed by atoms with Crippen molar-refractivity contribution in [2.24, 2.45) is 5.73 Å². The van der Waals surface area contributed by atoms with Crippen molar-refractivity contribution in [3.05, 3.63) is 11.9 Å². The first kappa shape index (κ1) is 11.6. The first-order chi connectivity index (χ1) is 7.15. The number of carbonyl (C=O) groups is 1. The molecule has 7 nitrogen and oxygen atoms in total. The predicted molar refractivity (Wildman–Crippen MR) is 52.6 cm³/mol. The van der Waals surface area contributed by atoms with E-state index in [0.717, 1.165) is 0 Å². The minimum absolute atomic E-state index is 0.0807. The van der Waals surface area contributed by atoms with Gasteiger partial charge in [0.1, 0.15) is 6.54 Å². The number of rotatable bonds is 5. The first-order valence-electron chi connectivity index (χ1n) is 4.65. The largest absolute Gasteiger partial charge is 0.394 e. The molecule has 0 bridgehead atoms. The SMILES string of the molecule is C[C@H](CO)NC(=O)Cn1cc(CN)nn1. The first-order valence-corrected chi connectivity index (χ1v) is 4.65. The van der Waals surface area contributed by atoms with Gasteiger partial charge in [-0.05, 0) is 6.92 Å². The minimum Gasteiger partial charge on any atom is -0.394 e. The van der Waals surface area contributed by atoms with E-state index in [9.17, 15) is 4.79 Å². The lowest BCUT2D eigenvalue weighted by Gasteiger charge is -2.09. The van der Waals surface area contributed by atoms with Crippen LogP contribution in [-0.4, -0.2) is 38.7 Å². The third-order valence-corrected chi connectivity index (χ3v) is 1.78. The van der Waals surface area contributed by atoms with Gasteiger partial charge in [0.15, 0.2) is 0 Å². The maximum absolute atomic E-state index is 11.3. The summed E-state index contributed by atoms with van der Waals surface area (Å²) < 4.78 is 1.40. The Labute approximate surface area is 87.3 Å². The van der Waals surface area contributed by atoms with Crippen LogP contribution in [0.1, 0.15) is 12.6 Å². The summed E-state index contributed by atoms with van der Waals surface area (Å²) in [6.45, 7) is 2.01. The summed E-state index contributed by atoms with van der Waals surface area (Å²) in [5.41, 5.74) is 5.98. The summed E-state index contributed by atoms with van der Waals surface area (Å²) in [6.07, 6.45) is 1.61. The zero-order chi connectivity index (χ0) is 11.3. The monoisotopic (exact) mass is 213 g/mol. The van der Waals surface area contributed by atoms with Crippen molar-refractivity contribution in [3.63, 3.8) is 0 Å². The zero-order valence-corrected chi connectivity index (χ0v) is 8.55.